The minimum absolute atomic E-state index is 0.332. The monoisotopic (exact) mass is 264 g/mol. The van der Waals surface area contributed by atoms with E-state index in [4.69, 9.17) is 20.2 Å². The lowest BCUT2D eigenvalue weighted by Crippen LogP contribution is -2.37. The highest BCUT2D eigenvalue weighted by Crippen LogP contribution is 2.33. The van der Waals surface area contributed by atoms with Gasteiger partial charge in [0.25, 0.3) is 0 Å². The Morgan fingerprint density at radius 3 is 3.11 bits per heavy atom. The van der Waals surface area contributed by atoms with E-state index in [2.05, 4.69) is 17.0 Å². The molecule has 0 amide bonds. The van der Waals surface area contributed by atoms with Gasteiger partial charge in [0.2, 0.25) is 6.79 Å². The van der Waals surface area contributed by atoms with Gasteiger partial charge in [0.05, 0.1) is 6.61 Å². The van der Waals surface area contributed by atoms with Crippen LogP contribution in [0.1, 0.15) is 18.4 Å². The standard InChI is InChI=1S/C14H20N2O3/c15-19-9-12-2-1-5-16(8-12)7-11-3-4-13-14(6-11)18-10-17-13/h3-4,6,12H,1-2,5,7-10,15H2. The molecule has 0 spiro atoms. The normalized spacial score (nSPS) is 22.7. The molecular weight excluding hydrogens is 244 g/mol. The predicted octanol–water partition coefficient (Wildman–Crippen LogP) is 1.52. The highest BCUT2D eigenvalue weighted by atomic mass is 16.7. The molecule has 1 aromatic carbocycles. The Morgan fingerprint density at radius 1 is 1.32 bits per heavy atom. The number of hydrogen-bond donors (Lipinski definition) is 1. The Balaban J connectivity index is 1.61. The summed E-state index contributed by atoms with van der Waals surface area (Å²) in [5.74, 6) is 7.42. The maximum absolute atomic E-state index is 5.41. The number of nitrogens with zero attached hydrogens (tertiary/aromatic N) is 1. The van der Waals surface area contributed by atoms with Crippen molar-refractivity contribution in [2.24, 2.45) is 11.8 Å². The maximum atomic E-state index is 5.41. The van der Waals surface area contributed by atoms with E-state index in [0.29, 0.717) is 19.3 Å². The summed E-state index contributed by atoms with van der Waals surface area (Å²) < 4.78 is 10.7. The molecule has 1 fully saturated rings. The molecule has 1 saturated heterocycles. The molecule has 0 saturated carbocycles. The Hall–Kier alpha value is -1.30. The van der Waals surface area contributed by atoms with Crippen molar-refractivity contribution >= 4 is 0 Å². The van der Waals surface area contributed by atoms with Crippen molar-refractivity contribution in [3.63, 3.8) is 0 Å². The lowest BCUT2D eigenvalue weighted by atomic mass is 9.98. The van der Waals surface area contributed by atoms with Crippen LogP contribution in [0.2, 0.25) is 0 Å². The number of rotatable bonds is 4. The number of likely N-dealkylation sites (tertiary alicyclic amines) is 1. The fourth-order valence-electron chi connectivity index (χ4n) is 2.86. The van der Waals surface area contributed by atoms with Crippen molar-refractivity contribution in [2.45, 2.75) is 19.4 Å². The number of fused-ring (bicyclic) bond motifs is 1. The number of benzene rings is 1. The molecule has 104 valence electrons. The van der Waals surface area contributed by atoms with Crippen molar-refractivity contribution in [1.29, 1.82) is 0 Å². The summed E-state index contributed by atoms with van der Waals surface area (Å²) in [7, 11) is 0. The lowest BCUT2D eigenvalue weighted by molar-refractivity contribution is 0.0585. The SMILES string of the molecule is NOCC1CCCN(Cc2ccc3c(c2)OCO3)C1. The van der Waals surface area contributed by atoms with E-state index < -0.39 is 0 Å². The zero-order valence-corrected chi connectivity index (χ0v) is 11.0. The topological polar surface area (TPSA) is 57.0 Å². The molecule has 3 rings (SSSR count). The van der Waals surface area contributed by atoms with Gasteiger partial charge < -0.3 is 14.3 Å². The largest absolute Gasteiger partial charge is 0.454 e. The Kier molecular flexibility index (Phi) is 3.87. The van der Waals surface area contributed by atoms with Crippen molar-refractivity contribution in [2.75, 3.05) is 26.5 Å². The van der Waals surface area contributed by atoms with Gasteiger partial charge in [-0.3, -0.25) is 4.90 Å². The molecule has 1 aromatic rings. The molecule has 2 aliphatic rings. The Bertz CT molecular complexity index is 437. The van der Waals surface area contributed by atoms with E-state index in [1.165, 1.54) is 18.4 Å². The molecule has 1 atom stereocenters. The number of nitrogens with two attached hydrogens (primary N) is 1. The third-order valence-corrected chi connectivity index (χ3v) is 3.78. The number of hydrogen-bond acceptors (Lipinski definition) is 5. The average Bonchev–Trinajstić information content (AvgIpc) is 2.87. The van der Waals surface area contributed by atoms with Gasteiger partial charge in [0.1, 0.15) is 0 Å². The van der Waals surface area contributed by atoms with Crippen LogP contribution in [0.25, 0.3) is 0 Å². The van der Waals surface area contributed by atoms with Crippen molar-refractivity contribution in [3.8, 4) is 11.5 Å². The van der Waals surface area contributed by atoms with Gasteiger partial charge in [-0.05, 0) is 43.0 Å². The minimum atomic E-state index is 0.332. The van der Waals surface area contributed by atoms with E-state index >= 15 is 0 Å². The molecule has 0 aromatic heterocycles. The average molecular weight is 264 g/mol. The van der Waals surface area contributed by atoms with Gasteiger partial charge in [-0.1, -0.05) is 6.07 Å². The van der Waals surface area contributed by atoms with Gasteiger partial charge in [0, 0.05) is 13.1 Å². The van der Waals surface area contributed by atoms with E-state index in [0.717, 1.165) is 31.1 Å². The van der Waals surface area contributed by atoms with Crippen molar-refractivity contribution in [3.05, 3.63) is 23.8 Å². The first-order chi connectivity index (χ1) is 9.35. The highest BCUT2D eigenvalue weighted by Gasteiger charge is 2.21. The van der Waals surface area contributed by atoms with Crippen LogP contribution >= 0.6 is 0 Å². The molecule has 2 N–H and O–H groups in total. The number of piperidine rings is 1. The molecule has 0 aliphatic carbocycles. The summed E-state index contributed by atoms with van der Waals surface area (Å²) in [6.45, 7) is 4.11. The van der Waals surface area contributed by atoms with Crippen LogP contribution in [0.3, 0.4) is 0 Å². The van der Waals surface area contributed by atoms with Gasteiger partial charge in [0.15, 0.2) is 11.5 Å². The molecule has 19 heavy (non-hydrogen) atoms. The first kappa shape index (κ1) is 12.7. The maximum Gasteiger partial charge on any atom is 0.231 e. The number of ether oxygens (including phenoxy) is 2. The smallest absolute Gasteiger partial charge is 0.231 e. The molecule has 2 heterocycles. The Morgan fingerprint density at radius 2 is 2.21 bits per heavy atom. The van der Waals surface area contributed by atoms with Crippen LogP contribution in [-0.2, 0) is 11.4 Å². The van der Waals surface area contributed by atoms with Crippen LogP contribution in [-0.4, -0.2) is 31.4 Å². The van der Waals surface area contributed by atoms with Crippen LogP contribution in [0.4, 0.5) is 0 Å². The highest BCUT2D eigenvalue weighted by molar-refractivity contribution is 5.44. The summed E-state index contributed by atoms with van der Waals surface area (Å²) in [6, 6.07) is 6.17. The van der Waals surface area contributed by atoms with E-state index in [-0.39, 0.29) is 0 Å². The molecule has 5 heteroatoms. The van der Waals surface area contributed by atoms with Gasteiger partial charge in [-0.15, -0.1) is 0 Å². The van der Waals surface area contributed by atoms with E-state index in [1.54, 1.807) is 0 Å². The second-order valence-electron chi connectivity index (χ2n) is 5.26. The molecular formula is C14H20N2O3. The van der Waals surface area contributed by atoms with Gasteiger partial charge in [-0.25, -0.2) is 5.90 Å². The summed E-state index contributed by atoms with van der Waals surface area (Å²) in [4.78, 5) is 7.23. The van der Waals surface area contributed by atoms with Crippen LogP contribution in [0.15, 0.2) is 18.2 Å². The Labute approximate surface area is 113 Å². The van der Waals surface area contributed by atoms with Crippen LogP contribution < -0.4 is 15.4 Å². The zero-order valence-electron chi connectivity index (χ0n) is 11.0. The summed E-state index contributed by atoms with van der Waals surface area (Å²) in [5, 5.41) is 0. The van der Waals surface area contributed by atoms with Crippen molar-refractivity contribution in [1.82, 2.24) is 4.90 Å². The third kappa shape index (κ3) is 3.00. The first-order valence-electron chi connectivity index (χ1n) is 6.77. The fraction of sp³-hybridized carbons (Fsp3) is 0.571. The molecule has 1 unspecified atom stereocenters. The van der Waals surface area contributed by atoms with Crippen molar-refractivity contribution < 1.29 is 14.3 Å². The van der Waals surface area contributed by atoms with Crippen LogP contribution in [0.5, 0.6) is 11.5 Å². The third-order valence-electron chi connectivity index (χ3n) is 3.78. The van der Waals surface area contributed by atoms with E-state index in [1.807, 2.05) is 6.07 Å². The van der Waals surface area contributed by atoms with E-state index in [9.17, 15) is 0 Å². The molecule has 5 nitrogen and oxygen atoms in total. The minimum Gasteiger partial charge on any atom is -0.454 e. The molecule has 2 aliphatic heterocycles. The first-order valence-corrected chi connectivity index (χ1v) is 6.77. The quantitative estimate of drug-likeness (QED) is 0.836. The lowest BCUT2D eigenvalue weighted by Gasteiger charge is -2.32. The second-order valence-corrected chi connectivity index (χ2v) is 5.26. The fourth-order valence-corrected chi connectivity index (χ4v) is 2.86. The molecule has 0 bridgehead atoms. The van der Waals surface area contributed by atoms with Crippen LogP contribution in [0, 0.1) is 5.92 Å². The summed E-state index contributed by atoms with van der Waals surface area (Å²) in [6.07, 6.45) is 2.41. The zero-order chi connectivity index (χ0) is 13.1. The summed E-state index contributed by atoms with van der Waals surface area (Å²) in [5.41, 5.74) is 1.26. The molecule has 0 radical (unpaired) electrons. The second kappa shape index (κ2) is 5.77. The van der Waals surface area contributed by atoms with Gasteiger partial charge in [-0.2, -0.15) is 0 Å². The summed E-state index contributed by atoms with van der Waals surface area (Å²) >= 11 is 0. The predicted molar refractivity (Wildman–Crippen MR) is 70.7 cm³/mol. The van der Waals surface area contributed by atoms with Gasteiger partial charge >= 0.3 is 0 Å².